The highest BCUT2D eigenvalue weighted by Gasteiger charge is 2.49. The number of thiazole rings is 1. The molecular formula is C24H18N2O5S. The van der Waals surface area contributed by atoms with Crippen molar-refractivity contribution in [2.75, 3.05) is 12.0 Å². The molecule has 1 unspecified atom stereocenters. The molecule has 2 aromatic carbocycles. The van der Waals surface area contributed by atoms with Crippen LogP contribution in [0, 0.1) is 6.92 Å². The average Bonchev–Trinajstić information content (AvgIpc) is 3.52. The smallest absolute Gasteiger partial charge is 0.302 e. The van der Waals surface area contributed by atoms with Gasteiger partial charge in [0.1, 0.15) is 23.3 Å². The van der Waals surface area contributed by atoms with Gasteiger partial charge in [-0.1, -0.05) is 41.2 Å². The van der Waals surface area contributed by atoms with Crippen LogP contribution in [-0.4, -0.2) is 28.9 Å². The molecule has 32 heavy (non-hydrogen) atoms. The molecule has 160 valence electrons. The van der Waals surface area contributed by atoms with Crippen LogP contribution in [-0.2, 0) is 9.59 Å². The van der Waals surface area contributed by atoms with Crippen molar-refractivity contribution in [1.82, 2.24) is 4.98 Å². The second-order valence-corrected chi connectivity index (χ2v) is 8.39. The number of hydrogen-bond acceptors (Lipinski definition) is 7. The number of ketones is 1. The summed E-state index contributed by atoms with van der Waals surface area (Å²) >= 11 is 1.26. The lowest BCUT2D eigenvalue weighted by Gasteiger charge is -2.20. The zero-order valence-corrected chi connectivity index (χ0v) is 18.1. The van der Waals surface area contributed by atoms with Crippen LogP contribution >= 0.6 is 11.3 Å². The lowest BCUT2D eigenvalue weighted by Crippen LogP contribution is -2.29. The number of anilines is 1. The largest absolute Gasteiger partial charge is 0.507 e. The van der Waals surface area contributed by atoms with Crippen LogP contribution in [0.3, 0.4) is 0 Å². The van der Waals surface area contributed by atoms with E-state index in [9.17, 15) is 14.7 Å². The van der Waals surface area contributed by atoms with Gasteiger partial charge >= 0.3 is 5.91 Å². The molecule has 0 saturated carbocycles. The number of ether oxygens (including phenoxy) is 1. The van der Waals surface area contributed by atoms with Crippen LogP contribution in [0.4, 0.5) is 5.13 Å². The monoisotopic (exact) mass is 446 g/mol. The third kappa shape index (κ3) is 3.16. The number of furan rings is 1. The van der Waals surface area contributed by atoms with E-state index in [0.717, 1.165) is 10.3 Å². The maximum Gasteiger partial charge on any atom is 0.302 e. The quantitative estimate of drug-likeness (QED) is 0.274. The molecule has 7 nitrogen and oxygen atoms in total. The summed E-state index contributed by atoms with van der Waals surface area (Å²) in [4.78, 5) is 32.1. The number of aliphatic hydroxyl groups is 1. The summed E-state index contributed by atoms with van der Waals surface area (Å²) in [6.07, 6.45) is 1.46. The topological polar surface area (TPSA) is 92.9 Å². The van der Waals surface area contributed by atoms with E-state index >= 15 is 0 Å². The van der Waals surface area contributed by atoms with Gasteiger partial charge in [-0.05, 0) is 37.3 Å². The summed E-state index contributed by atoms with van der Waals surface area (Å²) in [5.74, 6) is -0.797. The fraction of sp³-hybridized carbons (Fsp3) is 0.125. The highest BCUT2D eigenvalue weighted by molar-refractivity contribution is 7.22. The van der Waals surface area contributed by atoms with Gasteiger partial charge in [-0.2, -0.15) is 0 Å². The average molecular weight is 446 g/mol. The Morgan fingerprint density at radius 2 is 1.94 bits per heavy atom. The van der Waals surface area contributed by atoms with Crippen LogP contribution in [0.1, 0.15) is 22.9 Å². The predicted molar refractivity (Wildman–Crippen MR) is 121 cm³/mol. The highest BCUT2D eigenvalue weighted by Crippen LogP contribution is 2.44. The molecule has 1 aliphatic rings. The first kappa shape index (κ1) is 20.0. The third-order valence-electron chi connectivity index (χ3n) is 5.37. The zero-order chi connectivity index (χ0) is 22.4. The second-order valence-electron chi connectivity index (χ2n) is 7.38. The fourth-order valence-electron chi connectivity index (χ4n) is 3.74. The Kier molecular flexibility index (Phi) is 4.79. The van der Waals surface area contributed by atoms with Gasteiger partial charge in [0.15, 0.2) is 5.13 Å². The van der Waals surface area contributed by atoms with Crippen LogP contribution in [0.5, 0.6) is 5.75 Å². The Bertz CT molecular complexity index is 1370. The minimum absolute atomic E-state index is 0.0364. The first-order valence-electron chi connectivity index (χ1n) is 9.84. The van der Waals surface area contributed by atoms with Crippen LogP contribution in [0.15, 0.2) is 70.9 Å². The van der Waals surface area contributed by atoms with Crippen LogP contribution < -0.4 is 9.64 Å². The van der Waals surface area contributed by atoms with Gasteiger partial charge in [0.25, 0.3) is 5.78 Å². The van der Waals surface area contributed by atoms with Crippen molar-refractivity contribution >= 4 is 44.1 Å². The van der Waals surface area contributed by atoms with Crippen molar-refractivity contribution in [2.24, 2.45) is 0 Å². The number of hydrogen-bond donors (Lipinski definition) is 1. The van der Waals surface area contributed by atoms with E-state index in [4.69, 9.17) is 9.15 Å². The number of methoxy groups -OCH3 is 1. The number of carbonyl (C=O) groups excluding carboxylic acids is 2. The maximum atomic E-state index is 13.1. The van der Waals surface area contributed by atoms with E-state index < -0.39 is 17.7 Å². The minimum Gasteiger partial charge on any atom is -0.507 e. The van der Waals surface area contributed by atoms with Crippen LogP contribution in [0.25, 0.3) is 16.0 Å². The second kappa shape index (κ2) is 7.65. The Morgan fingerprint density at radius 1 is 1.16 bits per heavy atom. The van der Waals surface area contributed by atoms with Crippen molar-refractivity contribution in [2.45, 2.75) is 13.0 Å². The zero-order valence-electron chi connectivity index (χ0n) is 17.2. The molecule has 1 atom stereocenters. The normalized spacial score (nSPS) is 17.9. The third-order valence-corrected chi connectivity index (χ3v) is 6.39. The summed E-state index contributed by atoms with van der Waals surface area (Å²) in [5, 5.41) is 11.4. The van der Waals surface area contributed by atoms with Gasteiger partial charge in [-0.3, -0.25) is 14.5 Å². The van der Waals surface area contributed by atoms with Gasteiger partial charge in [0.05, 0.1) is 29.2 Å². The molecule has 4 aromatic rings. The summed E-state index contributed by atoms with van der Waals surface area (Å²) in [6.45, 7) is 1.92. The van der Waals surface area contributed by atoms with Gasteiger partial charge in [0, 0.05) is 5.56 Å². The number of aryl methyl sites for hydroxylation is 1. The fourth-order valence-corrected chi connectivity index (χ4v) is 4.76. The molecule has 0 spiro atoms. The number of aromatic nitrogens is 1. The lowest BCUT2D eigenvalue weighted by molar-refractivity contribution is -0.132. The molecule has 0 aliphatic carbocycles. The molecule has 5 rings (SSSR count). The van der Waals surface area contributed by atoms with E-state index in [1.165, 1.54) is 22.5 Å². The number of carbonyl (C=O) groups is 2. The van der Waals surface area contributed by atoms with Crippen molar-refractivity contribution < 1.29 is 23.8 Å². The Hall–Kier alpha value is -3.91. The minimum atomic E-state index is -0.936. The van der Waals surface area contributed by atoms with Crippen molar-refractivity contribution in [3.05, 3.63) is 83.3 Å². The van der Waals surface area contributed by atoms with E-state index in [1.54, 1.807) is 43.5 Å². The van der Waals surface area contributed by atoms with Gasteiger partial charge in [-0.15, -0.1) is 0 Å². The summed E-state index contributed by atoms with van der Waals surface area (Å²) < 4.78 is 11.7. The van der Waals surface area contributed by atoms with E-state index in [1.807, 2.05) is 25.1 Å². The van der Waals surface area contributed by atoms with Crippen molar-refractivity contribution in [3.63, 3.8) is 0 Å². The predicted octanol–water partition coefficient (Wildman–Crippen LogP) is 4.83. The molecule has 1 saturated heterocycles. The molecule has 1 N–H and O–H groups in total. The van der Waals surface area contributed by atoms with Gasteiger partial charge < -0.3 is 14.3 Å². The number of nitrogens with zero attached hydrogens (tertiary/aromatic N) is 2. The van der Waals surface area contributed by atoms with Gasteiger partial charge in [-0.25, -0.2) is 4.98 Å². The number of benzene rings is 2. The van der Waals surface area contributed by atoms with Crippen molar-refractivity contribution in [1.29, 1.82) is 0 Å². The number of rotatable bonds is 4. The van der Waals surface area contributed by atoms with E-state index in [-0.39, 0.29) is 11.3 Å². The number of amides is 1. The van der Waals surface area contributed by atoms with Crippen LogP contribution in [0.2, 0.25) is 0 Å². The molecule has 0 radical (unpaired) electrons. The highest BCUT2D eigenvalue weighted by atomic mass is 32.1. The molecule has 2 aromatic heterocycles. The number of Topliss-reactive ketones (excluding diaryl/α,β-unsaturated/α-hetero) is 1. The Morgan fingerprint density at radius 3 is 2.62 bits per heavy atom. The molecule has 1 aliphatic heterocycles. The number of fused-ring (bicyclic) bond motifs is 1. The molecule has 0 bridgehead atoms. The molecule has 1 amide bonds. The number of aliphatic hydroxyl groups excluding tert-OH is 1. The molecular weight excluding hydrogens is 428 g/mol. The molecule has 1 fully saturated rings. The Balaban J connectivity index is 1.69. The first-order valence-corrected chi connectivity index (χ1v) is 10.7. The van der Waals surface area contributed by atoms with E-state index in [2.05, 4.69) is 4.98 Å². The summed E-state index contributed by atoms with van der Waals surface area (Å²) in [6, 6.07) is 14.9. The first-order chi connectivity index (χ1) is 15.5. The lowest BCUT2D eigenvalue weighted by atomic mass is 9.99. The van der Waals surface area contributed by atoms with Crippen molar-refractivity contribution in [3.8, 4) is 5.75 Å². The Labute approximate surface area is 187 Å². The maximum absolute atomic E-state index is 13.1. The molecule has 8 heteroatoms. The summed E-state index contributed by atoms with van der Waals surface area (Å²) in [5.41, 5.74) is 2.09. The SMILES string of the molecule is COc1ccc2nc(N3C(=O)C(=O)C(=C(O)c4ccc(C)cc4)C3c3ccco3)sc2c1. The molecule has 3 heterocycles. The summed E-state index contributed by atoms with van der Waals surface area (Å²) in [7, 11) is 1.57. The van der Waals surface area contributed by atoms with E-state index in [0.29, 0.717) is 27.7 Å². The standard InChI is InChI=1S/C24H18N2O5S/c1-13-5-7-14(8-6-13)21(27)19-20(17-4-3-11-31-17)26(23(29)22(19)28)24-25-16-10-9-15(30-2)12-18(16)32-24/h3-12,20,27H,1-2H3. The van der Waals surface area contributed by atoms with Gasteiger partial charge in [0.2, 0.25) is 0 Å².